The van der Waals surface area contributed by atoms with Gasteiger partial charge in [-0.3, -0.25) is 24.6 Å². The molecule has 1 saturated heterocycles. The van der Waals surface area contributed by atoms with E-state index in [-0.39, 0.29) is 17.2 Å². The number of primary amides is 1. The van der Waals surface area contributed by atoms with Crippen LogP contribution in [0.5, 0.6) is 0 Å². The largest absolute Gasteiger partial charge is 0.369 e. The quantitative estimate of drug-likeness (QED) is 0.590. The van der Waals surface area contributed by atoms with Crippen LogP contribution in [-0.2, 0) is 22.6 Å². The van der Waals surface area contributed by atoms with Crippen LogP contribution in [0.25, 0.3) is 11.1 Å². The van der Waals surface area contributed by atoms with Crippen molar-refractivity contribution >= 4 is 29.4 Å². The zero-order valence-electron chi connectivity index (χ0n) is 18.7. The van der Waals surface area contributed by atoms with Crippen molar-refractivity contribution in [3.63, 3.8) is 0 Å². The Kier molecular flexibility index (Phi) is 5.00. The number of hydrogen-bond acceptors (Lipinski definition) is 5. The number of nitrogens with one attached hydrogen (secondary N) is 2. The number of rotatable bonds is 4. The van der Waals surface area contributed by atoms with Crippen molar-refractivity contribution in [3.05, 3.63) is 34.9 Å². The fourth-order valence-electron chi connectivity index (χ4n) is 5.77. The smallest absolute Gasteiger partial charge is 0.322 e. The van der Waals surface area contributed by atoms with Gasteiger partial charge in [0.25, 0.3) is 5.91 Å². The molecule has 1 saturated carbocycles. The molecule has 2 aromatic rings. The van der Waals surface area contributed by atoms with Crippen molar-refractivity contribution in [2.24, 2.45) is 17.1 Å². The lowest BCUT2D eigenvalue weighted by molar-refractivity contribution is -0.127. The minimum absolute atomic E-state index is 0.110. The number of carbonyl (C=O) groups excluding carboxylic acids is 3. The van der Waals surface area contributed by atoms with Crippen molar-refractivity contribution in [2.75, 3.05) is 0 Å². The highest BCUT2D eigenvalue weighted by Gasteiger charge is 2.51. The fraction of sp³-hybridized carbons (Fsp3) is 0.522. The van der Waals surface area contributed by atoms with E-state index in [1.54, 1.807) is 6.20 Å². The first kappa shape index (κ1) is 21.9. The van der Waals surface area contributed by atoms with Crippen molar-refractivity contribution in [3.8, 4) is 11.1 Å². The maximum absolute atomic E-state index is 12.6. The van der Waals surface area contributed by atoms with Crippen LogP contribution in [0.4, 0.5) is 4.79 Å². The van der Waals surface area contributed by atoms with E-state index in [1.807, 2.05) is 16.9 Å². The highest BCUT2D eigenvalue weighted by molar-refractivity contribution is 6.33. The molecule has 2 aromatic heterocycles. The first-order valence-corrected chi connectivity index (χ1v) is 11.6. The van der Waals surface area contributed by atoms with Gasteiger partial charge >= 0.3 is 6.03 Å². The summed E-state index contributed by atoms with van der Waals surface area (Å²) >= 11 is 6.55. The number of urea groups is 1. The summed E-state index contributed by atoms with van der Waals surface area (Å²) in [5.41, 5.74) is 8.30. The standard InChI is InChI=1S/C23H27ClN6O3/c1-22(2)8-17-14(9-27-30(17)11-22)13-6-16(26-10-15(13)24)18(19(25)31)12-4-3-5-23(7-12)20(32)28-21(33)29-23/h6,9-10,12,18H,3-5,7-8,11H2,1-2H3,(H2,25,31)(H2,28,29,32,33). The van der Waals surface area contributed by atoms with Gasteiger partial charge in [0.2, 0.25) is 5.91 Å². The Bertz CT molecular complexity index is 1170. The van der Waals surface area contributed by atoms with Gasteiger partial charge in [0.05, 0.1) is 22.8 Å². The number of fused-ring (bicyclic) bond motifs is 1. The lowest BCUT2D eigenvalue weighted by atomic mass is 9.69. The summed E-state index contributed by atoms with van der Waals surface area (Å²) < 4.78 is 2.00. The van der Waals surface area contributed by atoms with Gasteiger partial charge in [-0.25, -0.2) is 4.79 Å². The second-order valence-corrected chi connectivity index (χ2v) is 10.7. The van der Waals surface area contributed by atoms with Gasteiger partial charge in [-0.1, -0.05) is 31.9 Å². The number of nitrogens with zero attached hydrogens (tertiary/aromatic N) is 3. The molecule has 10 heteroatoms. The molecule has 174 valence electrons. The van der Waals surface area contributed by atoms with E-state index in [0.717, 1.165) is 29.8 Å². The van der Waals surface area contributed by atoms with Gasteiger partial charge in [-0.15, -0.1) is 0 Å². The Labute approximate surface area is 196 Å². The normalized spacial score (nSPS) is 26.7. The number of imide groups is 1. The molecule has 2 fully saturated rings. The molecule has 3 aliphatic rings. The maximum atomic E-state index is 12.6. The molecule has 9 nitrogen and oxygen atoms in total. The Morgan fingerprint density at radius 3 is 2.79 bits per heavy atom. The number of nitrogens with two attached hydrogens (primary N) is 1. The monoisotopic (exact) mass is 470 g/mol. The summed E-state index contributed by atoms with van der Waals surface area (Å²) in [5.74, 6) is -1.80. The molecule has 1 spiro atoms. The topological polar surface area (TPSA) is 132 Å². The highest BCUT2D eigenvalue weighted by Crippen LogP contribution is 2.43. The van der Waals surface area contributed by atoms with Gasteiger partial charge in [0, 0.05) is 29.6 Å². The van der Waals surface area contributed by atoms with Gasteiger partial charge < -0.3 is 11.1 Å². The minimum atomic E-state index is -0.998. The van der Waals surface area contributed by atoms with Crippen LogP contribution in [0, 0.1) is 11.3 Å². The lowest BCUT2D eigenvalue weighted by Gasteiger charge is -2.38. The van der Waals surface area contributed by atoms with E-state index < -0.39 is 23.4 Å². The SMILES string of the molecule is CC1(C)Cc2c(-c3cc(C(C(N)=O)C4CCCC5(C4)NC(=O)NC5=O)ncc3Cl)cnn2C1. The molecule has 5 rings (SSSR count). The number of carbonyl (C=O) groups is 3. The van der Waals surface area contributed by atoms with Crippen LogP contribution in [0.1, 0.15) is 56.8 Å². The summed E-state index contributed by atoms with van der Waals surface area (Å²) in [6, 6.07) is 1.33. The summed E-state index contributed by atoms with van der Waals surface area (Å²) in [5, 5.41) is 10.1. The first-order chi connectivity index (χ1) is 15.6. The van der Waals surface area contributed by atoms with Crippen molar-refractivity contribution in [1.29, 1.82) is 0 Å². The number of aromatic nitrogens is 3. The van der Waals surface area contributed by atoms with Crippen LogP contribution in [0.3, 0.4) is 0 Å². The molecule has 0 radical (unpaired) electrons. The molecule has 0 aromatic carbocycles. The van der Waals surface area contributed by atoms with E-state index in [4.69, 9.17) is 17.3 Å². The summed E-state index contributed by atoms with van der Waals surface area (Å²) in [7, 11) is 0. The second kappa shape index (κ2) is 7.55. The Morgan fingerprint density at radius 1 is 1.30 bits per heavy atom. The summed E-state index contributed by atoms with van der Waals surface area (Å²) in [4.78, 5) is 41.4. The van der Waals surface area contributed by atoms with Crippen molar-refractivity contribution in [1.82, 2.24) is 25.4 Å². The van der Waals surface area contributed by atoms with Crippen molar-refractivity contribution < 1.29 is 14.4 Å². The number of amides is 4. The Balaban J connectivity index is 1.50. The van der Waals surface area contributed by atoms with E-state index >= 15 is 0 Å². The molecular formula is C23H27ClN6O3. The number of pyridine rings is 1. The zero-order valence-corrected chi connectivity index (χ0v) is 19.4. The van der Waals surface area contributed by atoms with Crippen LogP contribution in [0.2, 0.25) is 5.02 Å². The minimum Gasteiger partial charge on any atom is -0.369 e. The van der Waals surface area contributed by atoms with Crippen LogP contribution in [0.15, 0.2) is 18.5 Å². The van der Waals surface area contributed by atoms with E-state index in [1.165, 1.54) is 0 Å². The third-order valence-electron chi connectivity index (χ3n) is 7.24. The number of hydrogen-bond donors (Lipinski definition) is 3. The predicted octanol–water partition coefficient (Wildman–Crippen LogP) is 2.52. The Hall–Kier alpha value is -2.94. The summed E-state index contributed by atoms with van der Waals surface area (Å²) in [6.07, 6.45) is 6.48. The molecule has 3 unspecified atom stereocenters. The van der Waals surface area contributed by atoms with Crippen LogP contribution >= 0.6 is 11.6 Å². The first-order valence-electron chi connectivity index (χ1n) is 11.2. The van der Waals surface area contributed by atoms with Gasteiger partial charge in [-0.05, 0) is 43.1 Å². The summed E-state index contributed by atoms with van der Waals surface area (Å²) in [6.45, 7) is 5.23. The molecular weight excluding hydrogens is 444 g/mol. The molecule has 3 atom stereocenters. The van der Waals surface area contributed by atoms with E-state index in [2.05, 4.69) is 34.6 Å². The van der Waals surface area contributed by atoms with E-state index in [0.29, 0.717) is 36.4 Å². The Morgan fingerprint density at radius 2 is 2.09 bits per heavy atom. The molecule has 0 bridgehead atoms. The predicted molar refractivity (Wildman–Crippen MR) is 121 cm³/mol. The average molecular weight is 471 g/mol. The highest BCUT2D eigenvalue weighted by atomic mass is 35.5. The molecule has 1 aliphatic carbocycles. The second-order valence-electron chi connectivity index (χ2n) is 10.3. The maximum Gasteiger partial charge on any atom is 0.322 e. The third kappa shape index (κ3) is 3.68. The average Bonchev–Trinajstić information content (AvgIpc) is 3.32. The van der Waals surface area contributed by atoms with Crippen molar-refractivity contribution in [2.45, 2.75) is 64.0 Å². The zero-order chi connectivity index (χ0) is 23.5. The molecule has 4 amide bonds. The van der Waals surface area contributed by atoms with Gasteiger partial charge in [-0.2, -0.15) is 5.10 Å². The lowest BCUT2D eigenvalue weighted by Crippen LogP contribution is -2.51. The number of halogens is 1. The van der Waals surface area contributed by atoms with Gasteiger partial charge in [0.15, 0.2) is 0 Å². The van der Waals surface area contributed by atoms with Gasteiger partial charge in [0.1, 0.15) is 5.54 Å². The molecule has 4 heterocycles. The van der Waals surface area contributed by atoms with Crippen LogP contribution < -0.4 is 16.4 Å². The van der Waals surface area contributed by atoms with E-state index in [9.17, 15) is 14.4 Å². The fourth-order valence-corrected chi connectivity index (χ4v) is 5.98. The third-order valence-corrected chi connectivity index (χ3v) is 7.54. The molecule has 33 heavy (non-hydrogen) atoms. The molecule has 2 aliphatic heterocycles. The van der Waals surface area contributed by atoms with Crippen LogP contribution in [-0.4, -0.2) is 38.1 Å². The molecule has 4 N–H and O–H groups in total.